The lowest BCUT2D eigenvalue weighted by molar-refractivity contribution is 1.21. The Balaban J connectivity index is 1.95. The van der Waals surface area contributed by atoms with Crippen LogP contribution in [0.4, 0.5) is 0 Å². The summed E-state index contributed by atoms with van der Waals surface area (Å²) in [7, 11) is 0. The van der Waals surface area contributed by atoms with Crippen LogP contribution >= 0.6 is 23.4 Å². The van der Waals surface area contributed by atoms with Crippen LogP contribution in [0.5, 0.6) is 0 Å². The molecule has 2 nitrogen and oxygen atoms in total. The fourth-order valence-corrected chi connectivity index (χ4v) is 3.73. The first-order valence-corrected chi connectivity index (χ1v) is 9.52. The van der Waals surface area contributed by atoms with Crippen molar-refractivity contribution >= 4 is 34.3 Å². The number of fused-ring (bicyclic) bond motifs is 1. The summed E-state index contributed by atoms with van der Waals surface area (Å²) in [5, 5.41) is 1.27. The van der Waals surface area contributed by atoms with Crippen LogP contribution in [0.3, 0.4) is 0 Å². The van der Waals surface area contributed by atoms with E-state index in [0.717, 1.165) is 33.3 Å². The van der Waals surface area contributed by atoms with Gasteiger partial charge in [-0.15, -0.1) is 11.8 Å². The first kappa shape index (κ1) is 16.1. The predicted molar refractivity (Wildman–Crippen MR) is 107 cm³/mol. The van der Waals surface area contributed by atoms with Gasteiger partial charge in [0.15, 0.2) is 0 Å². The molecule has 0 amide bonds. The lowest BCUT2D eigenvalue weighted by Gasteiger charge is -2.11. The molecule has 3 aromatic carbocycles. The van der Waals surface area contributed by atoms with E-state index < -0.39 is 0 Å². The highest BCUT2D eigenvalue weighted by atomic mass is 35.5. The zero-order chi connectivity index (χ0) is 17.2. The highest BCUT2D eigenvalue weighted by Gasteiger charge is 2.13. The second kappa shape index (κ2) is 6.87. The molecule has 0 bridgehead atoms. The molecule has 4 rings (SSSR count). The van der Waals surface area contributed by atoms with Gasteiger partial charge in [0, 0.05) is 15.8 Å². The number of benzene rings is 3. The van der Waals surface area contributed by atoms with Gasteiger partial charge < -0.3 is 0 Å². The molecule has 0 saturated heterocycles. The van der Waals surface area contributed by atoms with Crippen LogP contribution in [0.1, 0.15) is 0 Å². The van der Waals surface area contributed by atoms with Crippen molar-refractivity contribution in [1.82, 2.24) is 9.97 Å². The number of thioether (sulfide) groups is 1. The second-order valence-corrected chi connectivity index (χ2v) is 6.83. The van der Waals surface area contributed by atoms with Crippen molar-refractivity contribution in [3.05, 3.63) is 78.1 Å². The van der Waals surface area contributed by atoms with Gasteiger partial charge in [-0.25, -0.2) is 9.97 Å². The zero-order valence-corrected chi connectivity index (χ0v) is 15.2. The van der Waals surface area contributed by atoms with Crippen LogP contribution in [-0.2, 0) is 0 Å². The molecule has 0 N–H and O–H groups in total. The van der Waals surface area contributed by atoms with Crippen molar-refractivity contribution in [2.75, 3.05) is 6.26 Å². The largest absolute Gasteiger partial charge is 0.223 e. The number of aromatic nitrogens is 2. The number of halogens is 1. The molecule has 122 valence electrons. The minimum absolute atomic E-state index is 0.267. The molecule has 1 heterocycles. The SMILES string of the molecule is CSc1ccccc1-c1nc(Cl)nc2cc(-c3ccccc3)ccc12. The van der Waals surface area contributed by atoms with E-state index in [0.29, 0.717) is 0 Å². The second-order valence-electron chi connectivity index (χ2n) is 5.64. The molecule has 0 radical (unpaired) electrons. The van der Waals surface area contributed by atoms with Crippen molar-refractivity contribution < 1.29 is 0 Å². The fourth-order valence-electron chi connectivity index (χ4n) is 2.96. The van der Waals surface area contributed by atoms with Gasteiger partial charge in [-0.3, -0.25) is 0 Å². The minimum atomic E-state index is 0.267. The van der Waals surface area contributed by atoms with Gasteiger partial charge in [-0.1, -0.05) is 54.6 Å². The smallest absolute Gasteiger partial charge is 0.218 e. The van der Waals surface area contributed by atoms with E-state index in [1.165, 1.54) is 4.90 Å². The molecule has 0 unspecified atom stereocenters. The lowest BCUT2D eigenvalue weighted by Crippen LogP contribution is -1.93. The highest BCUT2D eigenvalue weighted by Crippen LogP contribution is 2.35. The normalized spacial score (nSPS) is 11.0. The summed E-state index contributed by atoms with van der Waals surface area (Å²) in [4.78, 5) is 10.1. The van der Waals surface area contributed by atoms with Gasteiger partial charge in [-0.2, -0.15) is 0 Å². The summed E-state index contributed by atoms with van der Waals surface area (Å²) in [5.41, 5.74) is 5.08. The van der Waals surface area contributed by atoms with Crippen molar-refractivity contribution in [1.29, 1.82) is 0 Å². The van der Waals surface area contributed by atoms with Crippen LogP contribution in [0.2, 0.25) is 5.28 Å². The molecule has 4 aromatic rings. The van der Waals surface area contributed by atoms with E-state index in [9.17, 15) is 0 Å². The third-order valence-corrected chi connectivity index (χ3v) is 5.10. The monoisotopic (exact) mass is 362 g/mol. The average Bonchev–Trinajstić information content (AvgIpc) is 2.67. The van der Waals surface area contributed by atoms with Crippen molar-refractivity contribution in [2.45, 2.75) is 4.90 Å². The quantitative estimate of drug-likeness (QED) is 0.314. The summed E-state index contributed by atoms with van der Waals surface area (Å²) >= 11 is 7.94. The summed E-state index contributed by atoms with van der Waals surface area (Å²) in [6.07, 6.45) is 2.07. The Morgan fingerprint density at radius 1 is 0.800 bits per heavy atom. The van der Waals surface area contributed by atoms with Crippen molar-refractivity contribution in [3.8, 4) is 22.4 Å². The maximum absolute atomic E-state index is 6.24. The summed E-state index contributed by atoms with van der Waals surface area (Å²) in [6.45, 7) is 0. The highest BCUT2D eigenvalue weighted by molar-refractivity contribution is 7.98. The number of nitrogens with zero attached hydrogens (tertiary/aromatic N) is 2. The Labute approximate surface area is 155 Å². The van der Waals surface area contributed by atoms with Crippen LogP contribution in [-0.4, -0.2) is 16.2 Å². The Morgan fingerprint density at radius 3 is 2.36 bits per heavy atom. The molecular weight excluding hydrogens is 348 g/mol. The third kappa shape index (κ3) is 3.13. The van der Waals surface area contributed by atoms with Crippen molar-refractivity contribution in [3.63, 3.8) is 0 Å². The fraction of sp³-hybridized carbons (Fsp3) is 0.0476. The van der Waals surface area contributed by atoms with E-state index in [1.807, 2.05) is 30.3 Å². The van der Waals surface area contributed by atoms with E-state index in [-0.39, 0.29) is 5.28 Å². The standard InChI is InChI=1S/C21H15ClN2S/c1-25-19-10-6-5-9-17(19)20-16-12-11-15(14-7-3-2-4-8-14)13-18(16)23-21(22)24-20/h2-13H,1H3. The Bertz CT molecular complexity index is 1050. The Hall–Kier alpha value is -2.36. The Kier molecular flexibility index (Phi) is 4.43. The first-order chi connectivity index (χ1) is 12.3. The van der Waals surface area contributed by atoms with Gasteiger partial charge in [0.25, 0.3) is 0 Å². The molecule has 0 aliphatic carbocycles. The van der Waals surface area contributed by atoms with E-state index in [1.54, 1.807) is 11.8 Å². The molecule has 4 heteroatoms. The lowest BCUT2D eigenvalue weighted by atomic mass is 10.0. The van der Waals surface area contributed by atoms with Gasteiger partial charge in [-0.05, 0) is 47.2 Å². The minimum Gasteiger partial charge on any atom is -0.218 e. The molecule has 0 saturated carbocycles. The van der Waals surface area contributed by atoms with Crippen LogP contribution < -0.4 is 0 Å². The summed E-state index contributed by atoms with van der Waals surface area (Å²) < 4.78 is 0. The van der Waals surface area contributed by atoms with E-state index in [4.69, 9.17) is 11.6 Å². The van der Waals surface area contributed by atoms with Crippen LogP contribution in [0, 0.1) is 0 Å². The van der Waals surface area contributed by atoms with Gasteiger partial charge in [0.1, 0.15) is 0 Å². The molecule has 0 aliphatic rings. The Morgan fingerprint density at radius 2 is 1.56 bits per heavy atom. The molecular formula is C21H15ClN2S. The van der Waals surface area contributed by atoms with Gasteiger partial charge in [0.2, 0.25) is 5.28 Å². The molecule has 0 fully saturated rings. The number of rotatable bonds is 3. The topological polar surface area (TPSA) is 25.8 Å². The van der Waals surface area contributed by atoms with Crippen LogP contribution in [0.25, 0.3) is 33.3 Å². The zero-order valence-electron chi connectivity index (χ0n) is 13.6. The van der Waals surface area contributed by atoms with Crippen LogP contribution in [0.15, 0.2) is 77.7 Å². The molecule has 1 aromatic heterocycles. The maximum atomic E-state index is 6.24. The molecule has 0 atom stereocenters. The number of hydrogen-bond donors (Lipinski definition) is 0. The van der Waals surface area contributed by atoms with Gasteiger partial charge >= 0.3 is 0 Å². The van der Waals surface area contributed by atoms with E-state index in [2.05, 4.69) is 58.7 Å². The van der Waals surface area contributed by atoms with Gasteiger partial charge in [0.05, 0.1) is 11.2 Å². The predicted octanol–water partition coefficient (Wildman–Crippen LogP) is 6.34. The molecule has 25 heavy (non-hydrogen) atoms. The summed E-state index contributed by atoms with van der Waals surface area (Å²) in [6, 6.07) is 24.8. The number of hydrogen-bond acceptors (Lipinski definition) is 3. The average molecular weight is 363 g/mol. The van der Waals surface area contributed by atoms with E-state index >= 15 is 0 Å². The first-order valence-electron chi connectivity index (χ1n) is 7.92. The summed E-state index contributed by atoms with van der Waals surface area (Å²) in [5.74, 6) is 0. The third-order valence-electron chi connectivity index (χ3n) is 4.14. The maximum Gasteiger partial charge on any atom is 0.223 e. The van der Waals surface area contributed by atoms with Crippen molar-refractivity contribution in [2.24, 2.45) is 0 Å². The molecule has 0 spiro atoms. The molecule has 0 aliphatic heterocycles.